The first-order chi connectivity index (χ1) is 7.22. The zero-order chi connectivity index (χ0) is 11.1. The van der Waals surface area contributed by atoms with E-state index in [1.54, 1.807) is 0 Å². The lowest BCUT2D eigenvalue weighted by atomic mass is 10.2. The second kappa shape index (κ2) is 8.35. The molecular formula is C11H18IN3O. The number of guanidine groups is 1. The van der Waals surface area contributed by atoms with Crippen LogP contribution in [0.4, 0.5) is 5.69 Å². The number of hydrogen-bond acceptors (Lipinski definition) is 2. The second-order valence-electron chi connectivity index (χ2n) is 3.34. The molecule has 0 bridgehead atoms. The topological polar surface area (TPSA) is 70.6 Å². The molecule has 1 aromatic carbocycles. The molecule has 0 atom stereocenters. The minimum atomic E-state index is 0. The highest BCUT2D eigenvalue weighted by molar-refractivity contribution is 14.0. The van der Waals surface area contributed by atoms with Crippen molar-refractivity contribution in [2.24, 2.45) is 10.7 Å². The molecule has 90 valence electrons. The van der Waals surface area contributed by atoms with Gasteiger partial charge in [-0.05, 0) is 31.0 Å². The summed E-state index contributed by atoms with van der Waals surface area (Å²) in [4.78, 5) is 4.06. The van der Waals surface area contributed by atoms with Crippen molar-refractivity contribution in [1.82, 2.24) is 0 Å². The van der Waals surface area contributed by atoms with Gasteiger partial charge in [-0.3, -0.25) is 4.99 Å². The van der Waals surface area contributed by atoms with Crippen LogP contribution in [0.3, 0.4) is 0 Å². The summed E-state index contributed by atoms with van der Waals surface area (Å²) in [6, 6.07) is 7.90. The molecule has 16 heavy (non-hydrogen) atoms. The number of benzene rings is 1. The minimum absolute atomic E-state index is 0. The van der Waals surface area contributed by atoms with Crippen LogP contribution in [0, 0.1) is 6.92 Å². The van der Waals surface area contributed by atoms with Crippen LogP contribution in [0.1, 0.15) is 12.0 Å². The Bertz CT molecular complexity index is 342. The van der Waals surface area contributed by atoms with Gasteiger partial charge in [-0.2, -0.15) is 0 Å². The van der Waals surface area contributed by atoms with E-state index in [-0.39, 0.29) is 30.6 Å². The van der Waals surface area contributed by atoms with Crippen LogP contribution in [-0.4, -0.2) is 24.2 Å². The van der Waals surface area contributed by atoms with E-state index < -0.39 is 0 Å². The highest BCUT2D eigenvalue weighted by atomic mass is 127. The number of nitrogens with zero attached hydrogens (tertiary/aromatic N) is 1. The standard InChI is InChI=1S/C11H17N3O.HI/c1-9-4-2-5-10(8-9)14-11(12)13-6-3-7-15;/h2,4-5,8,15H,3,6-7H2,1H3,(H3,12,13,14);1H. The number of nitrogens with two attached hydrogens (primary N) is 1. The number of aliphatic hydroxyl groups is 1. The Balaban J connectivity index is 0.00000225. The van der Waals surface area contributed by atoms with Gasteiger partial charge in [0.05, 0.1) is 0 Å². The first kappa shape index (κ1) is 15.2. The molecule has 4 N–H and O–H groups in total. The number of halogens is 1. The summed E-state index contributed by atoms with van der Waals surface area (Å²) in [5, 5.41) is 11.6. The molecule has 0 saturated carbocycles. The summed E-state index contributed by atoms with van der Waals surface area (Å²) < 4.78 is 0. The van der Waals surface area contributed by atoms with Crippen molar-refractivity contribution in [3.63, 3.8) is 0 Å². The van der Waals surface area contributed by atoms with Gasteiger partial charge in [0.1, 0.15) is 0 Å². The Hall–Kier alpha value is -0.820. The number of aryl methyl sites for hydroxylation is 1. The van der Waals surface area contributed by atoms with E-state index in [1.807, 2.05) is 31.2 Å². The number of rotatable bonds is 4. The van der Waals surface area contributed by atoms with E-state index in [0.29, 0.717) is 18.9 Å². The smallest absolute Gasteiger partial charge is 0.193 e. The summed E-state index contributed by atoms with van der Waals surface area (Å²) >= 11 is 0. The van der Waals surface area contributed by atoms with Gasteiger partial charge in [-0.15, -0.1) is 24.0 Å². The van der Waals surface area contributed by atoms with E-state index in [4.69, 9.17) is 10.8 Å². The van der Waals surface area contributed by atoms with Crippen molar-refractivity contribution in [1.29, 1.82) is 0 Å². The summed E-state index contributed by atoms with van der Waals surface area (Å²) in [5.74, 6) is 0.383. The second-order valence-corrected chi connectivity index (χ2v) is 3.34. The van der Waals surface area contributed by atoms with Gasteiger partial charge < -0.3 is 16.2 Å². The van der Waals surface area contributed by atoms with Crippen LogP contribution in [0.2, 0.25) is 0 Å². The lowest BCUT2D eigenvalue weighted by Gasteiger charge is -2.05. The van der Waals surface area contributed by atoms with E-state index in [0.717, 1.165) is 5.69 Å². The third-order valence-electron chi connectivity index (χ3n) is 1.89. The average Bonchev–Trinajstić information content (AvgIpc) is 2.18. The SMILES string of the molecule is Cc1cccc(NC(N)=NCCCO)c1.I. The van der Waals surface area contributed by atoms with Crippen LogP contribution in [0.25, 0.3) is 0 Å². The number of hydrogen-bond donors (Lipinski definition) is 3. The van der Waals surface area contributed by atoms with Crippen LogP contribution < -0.4 is 11.1 Å². The maximum absolute atomic E-state index is 8.57. The molecule has 0 aromatic heterocycles. The van der Waals surface area contributed by atoms with Crippen molar-refractivity contribution in [3.8, 4) is 0 Å². The quantitative estimate of drug-likeness (QED) is 0.340. The summed E-state index contributed by atoms with van der Waals surface area (Å²) in [5.41, 5.74) is 7.75. The Morgan fingerprint density at radius 2 is 2.25 bits per heavy atom. The molecule has 0 amide bonds. The minimum Gasteiger partial charge on any atom is -0.396 e. The Morgan fingerprint density at radius 1 is 1.50 bits per heavy atom. The number of anilines is 1. The highest BCUT2D eigenvalue weighted by Gasteiger charge is 1.94. The molecule has 1 rings (SSSR count). The van der Waals surface area contributed by atoms with Gasteiger partial charge in [0.15, 0.2) is 5.96 Å². The monoisotopic (exact) mass is 335 g/mol. The Labute approximate surface area is 113 Å². The summed E-state index contributed by atoms with van der Waals surface area (Å²) in [6.07, 6.45) is 0.635. The fourth-order valence-electron chi connectivity index (χ4n) is 1.18. The molecule has 1 aromatic rings. The molecule has 0 radical (unpaired) electrons. The van der Waals surface area contributed by atoms with Gasteiger partial charge in [0, 0.05) is 18.8 Å². The molecule has 0 spiro atoms. The van der Waals surface area contributed by atoms with E-state index in [1.165, 1.54) is 5.56 Å². The number of nitrogens with one attached hydrogen (secondary N) is 1. The zero-order valence-corrected chi connectivity index (χ0v) is 11.6. The maximum Gasteiger partial charge on any atom is 0.193 e. The predicted octanol–water partition coefficient (Wildman–Crippen LogP) is 1.72. The third kappa shape index (κ3) is 5.92. The largest absolute Gasteiger partial charge is 0.396 e. The zero-order valence-electron chi connectivity index (χ0n) is 9.31. The van der Waals surface area contributed by atoms with Gasteiger partial charge in [0.2, 0.25) is 0 Å². The number of aliphatic hydroxyl groups excluding tert-OH is 1. The Kier molecular flexibility index (Phi) is 7.92. The van der Waals surface area contributed by atoms with Crippen molar-refractivity contribution in [2.45, 2.75) is 13.3 Å². The van der Waals surface area contributed by atoms with E-state index in [2.05, 4.69) is 10.3 Å². The summed E-state index contributed by atoms with van der Waals surface area (Å²) in [6.45, 7) is 2.70. The molecule has 0 heterocycles. The van der Waals surface area contributed by atoms with E-state index >= 15 is 0 Å². The molecule has 5 heteroatoms. The fourth-order valence-corrected chi connectivity index (χ4v) is 1.18. The van der Waals surface area contributed by atoms with Gasteiger partial charge in [-0.25, -0.2) is 0 Å². The summed E-state index contributed by atoms with van der Waals surface area (Å²) in [7, 11) is 0. The van der Waals surface area contributed by atoms with Crippen LogP contribution in [-0.2, 0) is 0 Å². The molecule has 0 unspecified atom stereocenters. The molecular weight excluding hydrogens is 317 g/mol. The molecule has 0 fully saturated rings. The average molecular weight is 335 g/mol. The van der Waals surface area contributed by atoms with Crippen molar-refractivity contribution < 1.29 is 5.11 Å². The first-order valence-corrected chi connectivity index (χ1v) is 4.97. The molecule has 0 aliphatic rings. The maximum atomic E-state index is 8.57. The van der Waals surface area contributed by atoms with Crippen molar-refractivity contribution >= 4 is 35.6 Å². The predicted molar refractivity (Wildman–Crippen MR) is 78.4 cm³/mol. The molecule has 0 saturated heterocycles. The van der Waals surface area contributed by atoms with Gasteiger partial charge in [0.25, 0.3) is 0 Å². The molecule has 0 aliphatic heterocycles. The molecule has 0 aliphatic carbocycles. The number of aliphatic imine (C=N–C) groups is 1. The van der Waals surface area contributed by atoms with Crippen molar-refractivity contribution in [2.75, 3.05) is 18.5 Å². The van der Waals surface area contributed by atoms with Crippen LogP contribution >= 0.6 is 24.0 Å². The van der Waals surface area contributed by atoms with Crippen LogP contribution in [0.15, 0.2) is 29.3 Å². The van der Waals surface area contributed by atoms with Gasteiger partial charge in [-0.1, -0.05) is 12.1 Å². The van der Waals surface area contributed by atoms with Gasteiger partial charge >= 0.3 is 0 Å². The highest BCUT2D eigenvalue weighted by Crippen LogP contribution is 2.08. The first-order valence-electron chi connectivity index (χ1n) is 4.97. The van der Waals surface area contributed by atoms with E-state index in [9.17, 15) is 0 Å². The lowest BCUT2D eigenvalue weighted by Crippen LogP contribution is -2.22. The fraction of sp³-hybridized carbons (Fsp3) is 0.364. The molecule has 4 nitrogen and oxygen atoms in total. The normalized spacial score (nSPS) is 10.8. The van der Waals surface area contributed by atoms with Crippen molar-refractivity contribution in [3.05, 3.63) is 29.8 Å². The lowest BCUT2D eigenvalue weighted by molar-refractivity contribution is 0.291. The van der Waals surface area contributed by atoms with Crippen LogP contribution in [0.5, 0.6) is 0 Å². The Morgan fingerprint density at radius 3 is 2.88 bits per heavy atom. The third-order valence-corrected chi connectivity index (χ3v) is 1.89.